The number of nitrogens with one attached hydrogen (secondary N) is 1. The molecule has 25 heavy (non-hydrogen) atoms. The number of ether oxygens (including phenoxy) is 3. The van der Waals surface area contributed by atoms with Gasteiger partial charge in [0.25, 0.3) is 5.91 Å². The Hall–Kier alpha value is -2.09. The van der Waals surface area contributed by atoms with Crippen LogP contribution < -0.4 is 14.8 Å². The number of hydrogen-bond acceptors (Lipinski definition) is 6. The van der Waals surface area contributed by atoms with Crippen molar-refractivity contribution in [3.63, 3.8) is 0 Å². The molecule has 1 aromatic carbocycles. The van der Waals surface area contributed by atoms with Crippen LogP contribution in [0.5, 0.6) is 11.5 Å². The molecule has 1 amide bonds. The van der Waals surface area contributed by atoms with Crippen molar-refractivity contribution in [2.24, 2.45) is 0 Å². The van der Waals surface area contributed by atoms with E-state index in [2.05, 4.69) is 15.3 Å². The first-order valence-corrected chi connectivity index (χ1v) is 8.24. The first kappa shape index (κ1) is 17.7. The molecule has 1 aliphatic rings. The van der Waals surface area contributed by atoms with E-state index in [-0.39, 0.29) is 22.1 Å². The Balaban J connectivity index is 1.82. The van der Waals surface area contributed by atoms with Crippen molar-refractivity contribution in [2.75, 3.05) is 25.6 Å². The van der Waals surface area contributed by atoms with Crippen molar-refractivity contribution in [2.45, 2.75) is 12.5 Å². The predicted octanol–water partition coefficient (Wildman–Crippen LogP) is 3.21. The summed E-state index contributed by atoms with van der Waals surface area (Å²) in [6.45, 7) is 1.16. The van der Waals surface area contributed by atoms with Crippen molar-refractivity contribution < 1.29 is 19.0 Å². The molecule has 1 aliphatic heterocycles. The average molecular weight is 384 g/mol. The van der Waals surface area contributed by atoms with Crippen molar-refractivity contribution in [1.82, 2.24) is 9.97 Å². The summed E-state index contributed by atoms with van der Waals surface area (Å²) in [5.74, 6) is 0.573. The fourth-order valence-electron chi connectivity index (χ4n) is 2.33. The molecule has 0 aliphatic carbocycles. The summed E-state index contributed by atoms with van der Waals surface area (Å²) in [5.41, 5.74) is 0.504. The van der Waals surface area contributed by atoms with Gasteiger partial charge in [-0.15, -0.1) is 0 Å². The van der Waals surface area contributed by atoms with Crippen LogP contribution in [0, 0.1) is 0 Å². The van der Waals surface area contributed by atoms with E-state index >= 15 is 0 Å². The lowest BCUT2D eigenvalue weighted by Gasteiger charge is -2.16. The van der Waals surface area contributed by atoms with Crippen LogP contribution >= 0.6 is 23.2 Å². The second kappa shape index (κ2) is 7.86. The number of methoxy groups -OCH3 is 1. The maximum atomic E-state index is 12.5. The minimum atomic E-state index is -0.422. The molecule has 3 rings (SSSR count). The first-order chi connectivity index (χ1) is 12.1. The van der Waals surface area contributed by atoms with Crippen LogP contribution in [0.2, 0.25) is 10.3 Å². The highest BCUT2D eigenvalue weighted by Crippen LogP contribution is 2.31. The van der Waals surface area contributed by atoms with Crippen LogP contribution in [0.1, 0.15) is 16.8 Å². The molecule has 132 valence electrons. The SMILES string of the molecule is COc1ccc(C(=O)Nc2c(Cl)ncnc2Cl)cc1OC1CCOC1. The summed E-state index contributed by atoms with van der Waals surface area (Å²) in [6, 6.07) is 4.86. The molecule has 1 unspecified atom stereocenters. The summed E-state index contributed by atoms with van der Waals surface area (Å²) in [7, 11) is 1.54. The van der Waals surface area contributed by atoms with Crippen LogP contribution in [0.4, 0.5) is 5.69 Å². The quantitative estimate of drug-likeness (QED) is 0.798. The van der Waals surface area contributed by atoms with Gasteiger partial charge in [0.2, 0.25) is 0 Å². The van der Waals surface area contributed by atoms with Gasteiger partial charge in [-0.25, -0.2) is 9.97 Å². The number of carbonyl (C=O) groups excluding carboxylic acids is 1. The molecular formula is C16H15Cl2N3O4. The van der Waals surface area contributed by atoms with Gasteiger partial charge < -0.3 is 19.5 Å². The van der Waals surface area contributed by atoms with E-state index < -0.39 is 5.91 Å². The van der Waals surface area contributed by atoms with Gasteiger partial charge in [0.15, 0.2) is 21.8 Å². The summed E-state index contributed by atoms with van der Waals surface area (Å²) in [6.07, 6.45) is 1.92. The second-order valence-electron chi connectivity index (χ2n) is 5.25. The van der Waals surface area contributed by atoms with E-state index in [1.54, 1.807) is 18.2 Å². The highest BCUT2D eigenvalue weighted by molar-refractivity contribution is 6.38. The molecule has 0 bridgehead atoms. The molecule has 2 heterocycles. The number of rotatable bonds is 5. The maximum absolute atomic E-state index is 12.5. The Morgan fingerprint density at radius 3 is 2.68 bits per heavy atom. The zero-order valence-electron chi connectivity index (χ0n) is 13.3. The van der Waals surface area contributed by atoms with Gasteiger partial charge in [0.05, 0.1) is 20.3 Å². The molecule has 7 nitrogen and oxygen atoms in total. The zero-order chi connectivity index (χ0) is 17.8. The number of anilines is 1. The minimum absolute atomic E-state index is 0.0569. The maximum Gasteiger partial charge on any atom is 0.255 e. The number of aromatic nitrogens is 2. The molecule has 1 fully saturated rings. The van der Waals surface area contributed by atoms with Crippen LogP contribution in [0.25, 0.3) is 0 Å². The molecule has 0 saturated carbocycles. The van der Waals surface area contributed by atoms with E-state index in [1.165, 1.54) is 13.4 Å². The van der Waals surface area contributed by atoms with E-state index in [0.717, 1.165) is 6.42 Å². The second-order valence-corrected chi connectivity index (χ2v) is 5.97. The molecule has 1 N–H and O–H groups in total. The van der Waals surface area contributed by atoms with E-state index in [1.807, 2.05) is 0 Å². The fraction of sp³-hybridized carbons (Fsp3) is 0.312. The van der Waals surface area contributed by atoms with Crippen molar-refractivity contribution >= 4 is 34.8 Å². The Labute approximate surface area is 154 Å². The lowest BCUT2D eigenvalue weighted by molar-refractivity contribution is 0.102. The predicted molar refractivity (Wildman–Crippen MR) is 92.9 cm³/mol. The summed E-state index contributed by atoms with van der Waals surface area (Å²) in [4.78, 5) is 20.1. The van der Waals surface area contributed by atoms with Gasteiger partial charge in [0, 0.05) is 12.0 Å². The molecule has 1 aromatic heterocycles. The smallest absolute Gasteiger partial charge is 0.255 e. The average Bonchev–Trinajstić information content (AvgIpc) is 3.11. The van der Waals surface area contributed by atoms with E-state index in [4.69, 9.17) is 37.4 Å². The van der Waals surface area contributed by atoms with Gasteiger partial charge in [-0.2, -0.15) is 0 Å². The molecule has 9 heteroatoms. The minimum Gasteiger partial charge on any atom is -0.493 e. The topological polar surface area (TPSA) is 82.6 Å². The summed E-state index contributed by atoms with van der Waals surface area (Å²) >= 11 is 11.9. The van der Waals surface area contributed by atoms with Gasteiger partial charge in [-0.3, -0.25) is 4.79 Å². The van der Waals surface area contributed by atoms with E-state index in [0.29, 0.717) is 30.3 Å². The third-order valence-electron chi connectivity index (χ3n) is 3.60. The van der Waals surface area contributed by atoms with Gasteiger partial charge in [0.1, 0.15) is 18.1 Å². The Morgan fingerprint density at radius 1 is 1.28 bits per heavy atom. The molecule has 2 aromatic rings. The Morgan fingerprint density at radius 2 is 2.04 bits per heavy atom. The number of amides is 1. The number of carbonyl (C=O) groups is 1. The highest BCUT2D eigenvalue weighted by atomic mass is 35.5. The lowest BCUT2D eigenvalue weighted by Crippen LogP contribution is -2.17. The number of halogens is 2. The molecule has 1 atom stereocenters. The first-order valence-electron chi connectivity index (χ1n) is 7.48. The zero-order valence-corrected chi connectivity index (χ0v) is 14.8. The number of benzene rings is 1. The highest BCUT2D eigenvalue weighted by Gasteiger charge is 2.21. The van der Waals surface area contributed by atoms with Crippen LogP contribution in [0.15, 0.2) is 24.5 Å². The third-order valence-corrected chi connectivity index (χ3v) is 4.17. The Bertz CT molecular complexity index is 762. The van der Waals surface area contributed by atoms with Crippen molar-refractivity contribution in [1.29, 1.82) is 0 Å². The molecule has 0 radical (unpaired) electrons. The number of nitrogens with zero attached hydrogens (tertiary/aromatic N) is 2. The van der Waals surface area contributed by atoms with Crippen LogP contribution in [-0.4, -0.2) is 42.3 Å². The number of hydrogen-bond donors (Lipinski definition) is 1. The summed E-state index contributed by atoms with van der Waals surface area (Å²) < 4.78 is 16.5. The van der Waals surface area contributed by atoms with Gasteiger partial charge >= 0.3 is 0 Å². The Kier molecular flexibility index (Phi) is 5.57. The molecular weight excluding hydrogens is 369 g/mol. The normalized spacial score (nSPS) is 16.5. The van der Waals surface area contributed by atoms with E-state index in [9.17, 15) is 4.79 Å². The summed E-state index contributed by atoms with van der Waals surface area (Å²) in [5, 5.41) is 2.72. The largest absolute Gasteiger partial charge is 0.493 e. The molecule has 1 saturated heterocycles. The lowest BCUT2D eigenvalue weighted by atomic mass is 10.2. The monoisotopic (exact) mass is 383 g/mol. The molecule has 0 spiro atoms. The van der Waals surface area contributed by atoms with Gasteiger partial charge in [-0.1, -0.05) is 23.2 Å². The van der Waals surface area contributed by atoms with Crippen LogP contribution in [-0.2, 0) is 4.74 Å². The van der Waals surface area contributed by atoms with Crippen molar-refractivity contribution in [3.8, 4) is 11.5 Å². The van der Waals surface area contributed by atoms with Crippen molar-refractivity contribution in [3.05, 3.63) is 40.4 Å². The third kappa shape index (κ3) is 4.12. The van der Waals surface area contributed by atoms with Crippen LogP contribution in [0.3, 0.4) is 0 Å². The fourth-order valence-corrected chi connectivity index (χ4v) is 2.74. The van der Waals surface area contributed by atoms with Gasteiger partial charge in [-0.05, 0) is 18.2 Å². The standard InChI is InChI=1S/C16H15Cl2N3O4/c1-23-11-3-2-9(6-12(11)25-10-4-5-24-7-10)16(22)21-13-14(17)19-8-20-15(13)18/h2-3,6,8,10H,4-5,7H2,1H3,(H,21,22).